The molecule has 0 saturated heterocycles. The number of carbonyl (C=O) groups is 1. The molecule has 0 unspecified atom stereocenters. The molecule has 8 heteroatoms. The minimum absolute atomic E-state index is 0.0821. The topological polar surface area (TPSA) is 84.1 Å². The van der Waals surface area contributed by atoms with Crippen molar-refractivity contribution in [2.75, 3.05) is 35.8 Å². The quantitative estimate of drug-likeness (QED) is 0.648. The Balaban J connectivity index is 1.84. The van der Waals surface area contributed by atoms with Crippen molar-refractivity contribution in [3.05, 3.63) is 24.3 Å². The van der Waals surface area contributed by atoms with Crippen LogP contribution in [-0.4, -0.2) is 36.0 Å². The number of hydrogen-bond acceptors (Lipinski definition) is 7. The molecule has 0 radical (unpaired) electrons. The van der Waals surface area contributed by atoms with Crippen LogP contribution >= 0.6 is 23.1 Å². The lowest BCUT2D eigenvalue weighted by atomic mass is 10.3. The van der Waals surface area contributed by atoms with E-state index in [1.807, 2.05) is 19.0 Å². The summed E-state index contributed by atoms with van der Waals surface area (Å²) in [5.41, 5.74) is 6.99. The summed E-state index contributed by atoms with van der Waals surface area (Å²) < 4.78 is 0.779. The normalized spacial score (nSPS) is 10.3. The minimum Gasteiger partial charge on any atom is -0.399 e. The van der Waals surface area contributed by atoms with Crippen LogP contribution in [0.2, 0.25) is 0 Å². The van der Waals surface area contributed by atoms with E-state index in [-0.39, 0.29) is 5.91 Å². The Labute approximate surface area is 125 Å². The molecule has 0 atom stereocenters. The molecular weight excluding hydrogens is 294 g/mol. The minimum atomic E-state index is -0.0821. The van der Waals surface area contributed by atoms with Gasteiger partial charge in [-0.2, -0.15) is 0 Å². The summed E-state index contributed by atoms with van der Waals surface area (Å²) in [6.07, 6.45) is 0. The average Bonchev–Trinajstić information content (AvgIpc) is 2.88. The second-order valence-corrected chi connectivity index (χ2v) is 6.38. The molecule has 0 aliphatic carbocycles. The third-order valence-electron chi connectivity index (χ3n) is 2.30. The molecule has 1 amide bonds. The zero-order valence-corrected chi connectivity index (χ0v) is 12.8. The van der Waals surface area contributed by atoms with E-state index in [1.54, 1.807) is 24.3 Å². The van der Waals surface area contributed by atoms with Crippen molar-refractivity contribution in [1.82, 2.24) is 10.2 Å². The van der Waals surface area contributed by atoms with Crippen molar-refractivity contribution in [2.24, 2.45) is 0 Å². The summed E-state index contributed by atoms with van der Waals surface area (Å²) in [4.78, 5) is 13.7. The number of thioether (sulfide) groups is 1. The van der Waals surface area contributed by atoms with Crippen LogP contribution in [0.25, 0.3) is 0 Å². The van der Waals surface area contributed by atoms with Crippen molar-refractivity contribution in [3.8, 4) is 0 Å². The van der Waals surface area contributed by atoms with Crippen LogP contribution in [-0.2, 0) is 4.79 Å². The molecular formula is C12H15N5OS2. The van der Waals surface area contributed by atoms with E-state index >= 15 is 0 Å². The number of nitrogen functional groups attached to an aromatic ring is 1. The molecule has 0 bridgehead atoms. The van der Waals surface area contributed by atoms with E-state index in [1.165, 1.54) is 23.1 Å². The summed E-state index contributed by atoms with van der Waals surface area (Å²) in [6, 6.07) is 7.04. The van der Waals surface area contributed by atoms with E-state index in [0.717, 1.165) is 15.2 Å². The lowest BCUT2D eigenvalue weighted by molar-refractivity contribution is -0.113. The third-order valence-corrected chi connectivity index (χ3v) is 4.52. The fourth-order valence-corrected chi connectivity index (χ4v) is 2.90. The summed E-state index contributed by atoms with van der Waals surface area (Å²) in [7, 11) is 3.81. The molecule has 20 heavy (non-hydrogen) atoms. The van der Waals surface area contributed by atoms with Crippen LogP contribution in [0.3, 0.4) is 0 Å². The van der Waals surface area contributed by atoms with E-state index in [4.69, 9.17) is 5.73 Å². The maximum absolute atomic E-state index is 11.8. The van der Waals surface area contributed by atoms with Gasteiger partial charge in [0.25, 0.3) is 0 Å². The highest BCUT2D eigenvalue weighted by atomic mass is 32.2. The Morgan fingerprint density at radius 3 is 2.65 bits per heavy atom. The molecule has 0 aliphatic heterocycles. The average molecular weight is 309 g/mol. The van der Waals surface area contributed by atoms with Crippen LogP contribution in [0.15, 0.2) is 28.6 Å². The largest absolute Gasteiger partial charge is 0.399 e. The van der Waals surface area contributed by atoms with Crippen molar-refractivity contribution in [1.29, 1.82) is 0 Å². The molecule has 0 aliphatic rings. The molecule has 3 N–H and O–H groups in total. The van der Waals surface area contributed by atoms with Gasteiger partial charge in [0.15, 0.2) is 4.34 Å². The molecule has 0 saturated carbocycles. The van der Waals surface area contributed by atoms with Gasteiger partial charge in [-0.1, -0.05) is 23.1 Å². The van der Waals surface area contributed by atoms with Gasteiger partial charge in [-0.25, -0.2) is 0 Å². The summed E-state index contributed by atoms with van der Waals surface area (Å²) in [6.45, 7) is 0. The number of nitrogens with zero attached hydrogens (tertiary/aromatic N) is 3. The smallest absolute Gasteiger partial charge is 0.234 e. The fraction of sp³-hybridized carbons (Fsp3) is 0.250. The zero-order chi connectivity index (χ0) is 14.5. The second kappa shape index (κ2) is 6.58. The van der Waals surface area contributed by atoms with Crippen LogP contribution in [0.5, 0.6) is 0 Å². The van der Waals surface area contributed by atoms with E-state index in [9.17, 15) is 4.79 Å². The van der Waals surface area contributed by atoms with Gasteiger partial charge in [0, 0.05) is 25.5 Å². The Morgan fingerprint density at radius 1 is 1.35 bits per heavy atom. The van der Waals surface area contributed by atoms with Gasteiger partial charge < -0.3 is 16.0 Å². The van der Waals surface area contributed by atoms with Gasteiger partial charge in [0.2, 0.25) is 11.0 Å². The third kappa shape index (κ3) is 4.10. The second-order valence-electron chi connectivity index (χ2n) is 4.20. The SMILES string of the molecule is CN(C)c1nnc(SCC(=O)Nc2ccc(N)cc2)s1. The van der Waals surface area contributed by atoms with Gasteiger partial charge in [0.1, 0.15) is 0 Å². The number of nitrogens with one attached hydrogen (secondary N) is 1. The Kier molecular flexibility index (Phi) is 4.80. The van der Waals surface area contributed by atoms with Crippen molar-refractivity contribution >= 4 is 45.5 Å². The number of carbonyl (C=O) groups excluding carboxylic acids is 1. The number of benzene rings is 1. The predicted molar refractivity (Wildman–Crippen MR) is 84.4 cm³/mol. The van der Waals surface area contributed by atoms with E-state index in [2.05, 4.69) is 15.5 Å². The number of rotatable bonds is 5. The highest BCUT2D eigenvalue weighted by Gasteiger charge is 2.09. The standard InChI is InChI=1S/C12H15N5OS2/c1-17(2)11-15-16-12(20-11)19-7-10(18)14-9-5-3-8(13)4-6-9/h3-6H,7,13H2,1-2H3,(H,14,18). The summed E-state index contributed by atoms with van der Waals surface area (Å²) >= 11 is 2.83. The first kappa shape index (κ1) is 14.6. The number of aromatic nitrogens is 2. The van der Waals surface area contributed by atoms with Crippen molar-refractivity contribution in [3.63, 3.8) is 0 Å². The lowest BCUT2D eigenvalue weighted by Crippen LogP contribution is -2.13. The van der Waals surface area contributed by atoms with Crippen LogP contribution in [0, 0.1) is 0 Å². The van der Waals surface area contributed by atoms with Crippen molar-refractivity contribution < 1.29 is 4.79 Å². The van der Waals surface area contributed by atoms with Crippen LogP contribution < -0.4 is 16.0 Å². The number of hydrogen-bond donors (Lipinski definition) is 2. The van der Waals surface area contributed by atoms with Gasteiger partial charge in [0.05, 0.1) is 5.75 Å². The number of amides is 1. The number of nitrogens with two attached hydrogens (primary N) is 1. The highest BCUT2D eigenvalue weighted by Crippen LogP contribution is 2.26. The van der Waals surface area contributed by atoms with Crippen LogP contribution in [0.4, 0.5) is 16.5 Å². The summed E-state index contributed by atoms with van der Waals surface area (Å²) in [5, 5.41) is 11.7. The fourth-order valence-electron chi connectivity index (χ4n) is 1.33. The molecule has 0 spiro atoms. The Hall–Kier alpha value is -1.80. The van der Waals surface area contributed by atoms with Gasteiger partial charge in [-0.05, 0) is 24.3 Å². The zero-order valence-electron chi connectivity index (χ0n) is 11.2. The Bertz CT molecular complexity index is 582. The van der Waals surface area contributed by atoms with Gasteiger partial charge >= 0.3 is 0 Å². The monoisotopic (exact) mass is 309 g/mol. The summed E-state index contributed by atoms with van der Waals surface area (Å²) in [5.74, 6) is 0.216. The first-order chi connectivity index (χ1) is 9.54. The molecule has 0 fully saturated rings. The van der Waals surface area contributed by atoms with Gasteiger partial charge in [-0.3, -0.25) is 4.79 Å². The maximum Gasteiger partial charge on any atom is 0.234 e. The van der Waals surface area contributed by atoms with E-state index in [0.29, 0.717) is 11.4 Å². The Morgan fingerprint density at radius 2 is 2.05 bits per heavy atom. The molecule has 1 heterocycles. The van der Waals surface area contributed by atoms with Gasteiger partial charge in [-0.15, -0.1) is 10.2 Å². The number of anilines is 3. The van der Waals surface area contributed by atoms with Crippen LogP contribution in [0.1, 0.15) is 0 Å². The first-order valence-corrected chi connectivity index (χ1v) is 7.64. The highest BCUT2D eigenvalue weighted by molar-refractivity contribution is 8.01. The molecule has 1 aromatic heterocycles. The first-order valence-electron chi connectivity index (χ1n) is 5.83. The maximum atomic E-state index is 11.8. The predicted octanol–water partition coefficient (Wildman–Crippen LogP) is 1.92. The molecule has 6 nitrogen and oxygen atoms in total. The molecule has 106 valence electrons. The lowest BCUT2D eigenvalue weighted by Gasteiger charge is -2.04. The molecule has 1 aromatic carbocycles. The van der Waals surface area contributed by atoms with E-state index < -0.39 is 0 Å². The molecule has 2 rings (SSSR count). The van der Waals surface area contributed by atoms with Crippen molar-refractivity contribution in [2.45, 2.75) is 4.34 Å². The molecule has 2 aromatic rings.